The Balaban J connectivity index is 1.63. The second-order valence-corrected chi connectivity index (χ2v) is 6.31. The van der Waals surface area contributed by atoms with Crippen molar-refractivity contribution in [1.82, 2.24) is 15.1 Å². The molecule has 0 aromatic heterocycles. The number of nitrogens with one attached hydrogen (secondary N) is 2. The van der Waals surface area contributed by atoms with Crippen LogP contribution >= 0.6 is 0 Å². The van der Waals surface area contributed by atoms with E-state index in [1.807, 2.05) is 4.90 Å². The Kier molecular flexibility index (Phi) is 8.46. The van der Waals surface area contributed by atoms with Crippen molar-refractivity contribution in [2.45, 2.75) is 6.42 Å². The third-order valence-corrected chi connectivity index (χ3v) is 4.16. The van der Waals surface area contributed by atoms with Gasteiger partial charge in [0.2, 0.25) is 11.8 Å². The first kappa shape index (κ1) is 20.3. The molecule has 7 nitrogen and oxygen atoms in total. The summed E-state index contributed by atoms with van der Waals surface area (Å²) in [5.41, 5.74) is 0.457. The van der Waals surface area contributed by atoms with Gasteiger partial charge in [0.05, 0.1) is 13.1 Å². The topological polar surface area (TPSA) is 73.9 Å². The summed E-state index contributed by atoms with van der Waals surface area (Å²) in [5, 5.41) is 5.57. The molecule has 2 rings (SSSR count). The lowest BCUT2D eigenvalue weighted by molar-refractivity contribution is -0.123. The lowest BCUT2D eigenvalue weighted by atomic mass is 10.3. The molecule has 0 aliphatic carbocycles. The fourth-order valence-electron chi connectivity index (χ4n) is 2.78. The van der Waals surface area contributed by atoms with Crippen molar-refractivity contribution in [3.05, 3.63) is 30.1 Å². The highest BCUT2D eigenvalue weighted by Gasteiger charge is 2.20. The van der Waals surface area contributed by atoms with E-state index >= 15 is 0 Å². The molecule has 0 bridgehead atoms. The van der Waals surface area contributed by atoms with Crippen LogP contribution in [0.3, 0.4) is 0 Å². The van der Waals surface area contributed by atoms with Gasteiger partial charge in [-0.15, -0.1) is 0 Å². The predicted octanol–water partition coefficient (Wildman–Crippen LogP) is 0.535. The molecule has 0 radical (unpaired) electrons. The number of halogens is 1. The second kappa shape index (κ2) is 10.8. The maximum atomic E-state index is 13.1. The number of nitrogens with zero attached hydrogens (tertiary/aromatic N) is 2. The van der Waals surface area contributed by atoms with E-state index in [1.54, 1.807) is 19.2 Å². The van der Waals surface area contributed by atoms with Crippen molar-refractivity contribution in [1.29, 1.82) is 0 Å². The molecular formula is C18H27FN4O3. The van der Waals surface area contributed by atoms with Crippen LogP contribution in [0.5, 0.6) is 0 Å². The molecule has 8 heteroatoms. The van der Waals surface area contributed by atoms with Crippen LogP contribution in [-0.2, 0) is 14.3 Å². The number of benzene rings is 1. The highest BCUT2D eigenvalue weighted by Crippen LogP contribution is 2.09. The molecule has 2 N–H and O–H groups in total. The first-order valence-electron chi connectivity index (χ1n) is 8.82. The van der Waals surface area contributed by atoms with E-state index in [-0.39, 0.29) is 24.2 Å². The quantitative estimate of drug-likeness (QED) is 0.624. The summed E-state index contributed by atoms with van der Waals surface area (Å²) in [6.07, 6.45) is 0.802. The summed E-state index contributed by atoms with van der Waals surface area (Å²) in [6.45, 7) is 4.78. The molecular weight excluding hydrogens is 339 g/mol. The van der Waals surface area contributed by atoms with Crippen LogP contribution < -0.4 is 10.6 Å². The number of rotatable bonds is 9. The Bertz CT molecular complexity index is 592. The van der Waals surface area contributed by atoms with Crippen LogP contribution in [0, 0.1) is 5.82 Å². The fourth-order valence-corrected chi connectivity index (χ4v) is 2.78. The van der Waals surface area contributed by atoms with Crippen LogP contribution in [0.15, 0.2) is 24.3 Å². The van der Waals surface area contributed by atoms with Gasteiger partial charge in [0.15, 0.2) is 0 Å². The van der Waals surface area contributed by atoms with Gasteiger partial charge in [-0.3, -0.25) is 19.4 Å². The average Bonchev–Trinajstić information content (AvgIpc) is 2.60. The highest BCUT2D eigenvalue weighted by molar-refractivity contribution is 5.92. The van der Waals surface area contributed by atoms with Crippen LogP contribution in [0.25, 0.3) is 0 Å². The van der Waals surface area contributed by atoms with Crippen molar-refractivity contribution in [3.8, 4) is 0 Å². The van der Waals surface area contributed by atoms with E-state index in [2.05, 4.69) is 15.5 Å². The zero-order valence-electron chi connectivity index (χ0n) is 15.2. The molecule has 0 unspecified atom stereocenters. The monoisotopic (exact) mass is 366 g/mol. The van der Waals surface area contributed by atoms with Gasteiger partial charge in [-0.05, 0) is 24.6 Å². The minimum absolute atomic E-state index is 0.0124. The van der Waals surface area contributed by atoms with Crippen LogP contribution in [0.2, 0.25) is 0 Å². The van der Waals surface area contributed by atoms with Gasteiger partial charge in [-0.25, -0.2) is 4.39 Å². The maximum Gasteiger partial charge on any atom is 0.238 e. The predicted molar refractivity (Wildman–Crippen MR) is 97.4 cm³/mol. The fraction of sp³-hybridized carbons (Fsp3) is 0.556. The molecule has 1 aliphatic heterocycles. The van der Waals surface area contributed by atoms with E-state index in [0.29, 0.717) is 38.5 Å². The lowest BCUT2D eigenvalue weighted by Crippen LogP contribution is -2.51. The molecule has 1 aliphatic rings. The standard InChI is InChI=1S/C18H27FN4O3/c1-26-11-3-6-20-17(24)13-22-7-9-23(10-8-22)14-18(25)21-16-5-2-4-15(19)12-16/h2,4-5,12H,3,6-11,13-14H2,1H3,(H,20,24)(H,21,25). The van der Waals surface area contributed by atoms with Gasteiger partial charge in [-0.2, -0.15) is 0 Å². The lowest BCUT2D eigenvalue weighted by Gasteiger charge is -2.33. The molecule has 144 valence electrons. The Labute approximate surface area is 153 Å². The Morgan fingerprint density at radius 1 is 1.12 bits per heavy atom. The van der Waals surface area contributed by atoms with Crippen molar-refractivity contribution < 1.29 is 18.7 Å². The Morgan fingerprint density at radius 3 is 2.38 bits per heavy atom. The van der Waals surface area contributed by atoms with Crippen LogP contribution in [0.4, 0.5) is 10.1 Å². The summed E-state index contributed by atoms with van der Waals surface area (Å²) in [5.74, 6) is -0.532. The zero-order valence-corrected chi connectivity index (χ0v) is 15.2. The normalized spacial score (nSPS) is 15.6. The van der Waals surface area contributed by atoms with Crippen molar-refractivity contribution in [2.75, 3.05) is 64.8 Å². The minimum Gasteiger partial charge on any atom is -0.385 e. The molecule has 0 atom stereocenters. The Hall–Kier alpha value is -2.03. The third kappa shape index (κ3) is 7.47. The van der Waals surface area contributed by atoms with Gasteiger partial charge < -0.3 is 15.4 Å². The van der Waals surface area contributed by atoms with Gasteiger partial charge in [0, 0.05) is 52.1 Å². The molecule has 26 heavy (non-hydrogen) atoms. The summed E-state index contributed by atoms with van der Waals surface area (Å²) in [4.78, 5) is 28.0. The third-order valence-electron chi connectivity index (χ3n) is 4.16. The number of hydrogen-bond donors (Lipinski definition) is 2. The summed E-state index contributed by atoms with van der Waals surface area (Å²) in [6, 6.07) is 5.85. The minimum atomic E-state index is -0.378. The van der Waals surface area contributed by atoms with Crippen molar-refractivity contribution in [2.24, 2.45) is 0 Å². The maximum absolute atomic E-state index is 13.1. The number of anilines is 1. The number of hydrogen-bond acceptors (Lipinski definition) is 5. The number of amides is 2. The highest BCUT2D eigenvalue weighted by atomic mass is 19.1. The first-order valence-corrected chi connectivity index (χ1v) is 8.82. The number of carbonyl (C=O) groups is 2. The number of ether oxygens (including phenoxy) is 1. The van der Waals surface area contributed by atoms with E-state index in [1.165, 1.54) is 12.1 Å². The zero-order chi connectivity index (χ0) is 18.8. The molecule has 0 spiro atoms. The first-order chi connectivity index (χ1) is 12.6. The largest absolute Gasteiger partial charge is 0.385 e. The van der Waals surface area contributed by atoms with Gasteiger partial charge in [-0.1, -0.05) is 6.07 Å². The van der Waals surface area contributed by atoms with Crippen LogP contribution in [0.1, 0.15) is 6.42 Å². The molecule has 0 saturated carbocycles. The number of methoxy groups -OCH3 is 1. The van der Waals surface area contributed by atoms with Crippen molar-refractivity contribution in [3.63, 3.8) is 0 Å². The summed E-state index contributed by atoms with van der Waals surface area (Å²) < 4.78 is 18.1. The average molecular weight is 366 g/mol. The smallest absolute Gasteiger partial charge is 0.238 e. The summed E-state index contributed by atoms with van der Waals surface area (Å²) >= 11 is 0. The van der Waals surface area contributed by atoms with E-state index in [0.717, 1.165) is 19.5 Å². The number of piperazine rings is 1. The SMILES string of the molecule is COCCCNC(=O)CN1CCN(CC(=O)Nc2cccc(F)c2)CC1. The van der Waals surface area contributed by atoms with Gasteiger partial charge >= 0.3 is 0 Å². The second-order valence-electron chi connectivity index (χ2n) is 6.31. The molecule has 1 saturated heterocycles. The molecule has 1 heterocycles. The Morgan fingerprint density at radius 2 is 1.77 bits per heavy atom. The molecule has 1 aromatic carbocycles. The number of carbonyl (C=O) groups excluding carboxylic acids is 2. The van der Waals surface area contributed by atoms with E-state index < -0.39 is 0 Å². The van der Waals surface area contributed by atoms with E-state index in [9.17, 15) is 14.0 Å². The molecule has 1 fully saturated rings. The van der Waals surface area contributed by atoms with Gasteiger partial charge in [0.25, 0.3) is 0 Å². The molecule has 1 aromatic rings. The summed E-state index contributed by atoms with van der Waals surface area (Å²) in [7, 11) is 1.64. The van der Waals surface area contributed by atoms with Crippen LogP contribution in [-0.4, -0.2) is 81.1 Å². The molecule has 2 amide bonds. The van der Waals surface area contributed by atoms with Gasteiger partial charge in [0.1, 0.15) is 5.82 Å². The van der Waals surface area contributed by atoms with Crippen molar-refractivity contribution >= 4 is 17.5 Å². The van der Waals surface area contributed by atoms with E-state index in [4.69, 9.17) is 4.74 Å².